The molecule has 0 amide bonds. The zero-order valence-corrected chi connectivity index (χ0v) is 9.29. The Morgan fingerprint density at radius 1 is 1.53 bits per heavy atom. The number of hydrogen-bond donors (Lipinski definition) is 1. The summed E-state index contributed by atoms with van der Waals surface area (Å²) in [6, 6.07) is 7.85. The third-order valence-corrected chi connectivity index (χ3v) is 3.67. The quantitative estimate of drug-likeness (QED) is 0.790. The van der Waals surface area contributed by atoms with Crippen molar-refractivity contribution in [2.75, 3.05) is 12.9 Å². The van der Waals surface area contributed by atoms with Gasteiger partial charge in [0, 0.05) is 11.3 Å². The second kappa shape index (κ2) is 4.68. The van der Waals surface area contributed by atoms with E-state index in [0.29, 0.717) is 0 Å². The second-order valence-electron chi connectivity index (χ2n) is 3.36. The molecule has 1 saturated heterocycles. The molecule has 1 aromatic rings. The van der Waals surface area contributed by atoms with Crippen LogP contribution in [0.25, 0.3) is 0 Å². The van der Waals surface area contributed by atoms with Gasteiger partial charge < -0.3 is 9.53 Å². The smallest absolute Gasteiger partial charge is 0.137 e. The molecule has 1 fully saturated rings. The van der Waals surface area contributed by atoms with Gasteiger partial charge in [0.1, 0.15) is 12.0 Å². The van der Waals surface area contributed by atoms with Crippen molar-refractivity contribution in [3.8, 4) is 5.75 Å². The highest BCUT2D eigenvalue weighted by molar-refractivity contribution is 7.99. The average molecular weight is 223 g/mol. The maximum absolute atomic E-state index is 10.6. The van der Waals surface area contributed by atoms with Crippen LogP contribution in [0, 0.1) is 0 Å². The Bertz CT molecular complexity index is 356. The first kappa shape index (κ1) is 10.5. The Balaban J connectivity index is 2.19. The summed E-state index contributed by atoms with van der Waals surface area (Å²) >= 11 is 1.74. The maximum atomic E-state index is 10.6. The summed E-state index contributed by atoms with van der Waals surface area (Å²) in [6.45, 7) is 0. The van der Waals surface area contributed by atoms with Crippen LogP contribution in [-0.4, -0.2) is 25.2 Å². The number of rotatable bonds is 3. The predicted molar refractivity (Wildman–Crippen MR) is 61.2 cm³/mol. The van der Waals surface area contributed by atoms with Gasteiger partial charge in [-0.05, 0) is 6.07 Å². The third kappa shape index (κ3) is 2.16. The minimum atomic E-state index is -0.0371. The molecule has 0 aromatic heterocycles. The molecule has 1 aliphatic rings. The molecule has 1 N–H and O–H groups in total. The summed E-state index contributed by atoms with van der Waals surface area (Å²) in [5.41, 5.74) is 1.11. The zero-order chi connectivity index (χ0) is 10.7. The fourth-order valence-corrected chi connectivity index (χ4v) is 2.85. The van der Waals surface area contributed by atoms with Gasteiger partial charge in [-0.25, -0.2) is 0 Å². The molecule has 1 aliphatic heterocycles. The van der Waals surface area contributed by atoms with E-state index >= 15 is 0 Å². The van der Waals surface area contributed by atoms with Crippen LogP contribution >= 0.6 is 11.8 Å². The first-order valence-electron chi connectivity index (χ1n) is 4.81. The number of para-hydroxylation sites is 1. The minimum absolute atomic E-state index is 0.0371. The Morgan fingerprint density at radius 3 is 3.00 bits per heavy atom. The van der Waals surface area contributed by atoms with Crippen LogP contribution in [-0.2, 0) is 4.79 Å². The van der Waals surface area contributed by atoms with Crippen LogP contribution in [0.3, 0.4) is 0 Å². The van der Waals surface area contributed by atoms with Crippen LogP contribution in [0.4, 0.5) is 0 Å². The van der Waals surface area contributed by atoms with E-state index in [1.165, 1.54) is 0 Å². The lowest BCUT2D eigenvalue weighted by Gasteiger charge is -2.14. The summed E-state index contributed by atoms with van der Waals surface area (Å²) in [5.74, 6) is 1.70. The molecule has 0 aliphatic carbocycles. The van der Waals surface area contributed by atoms with Gasteiger partial charge in [0.15, 0.2) is 0 Å². The molecule has 15 heavy (non-hydrogen) atoms. The van der Waals surface area contributed by atoms with Crippen molar-refractivity contribution in [1.82, 2.24) is 5.32 Å². The molecule has 80 valence electrons. The molecule has 1 heterocycles. The van der Waals surface area contributed by atoms with E-state index < -0.39 is 0 Å². The van der Waals surface area contributed by atoms with E-state index in [1.54, 1.807) is 18.9 Å². The first-order valence-corrected chi connectivity index (χ1v) is 5.86. The SMILES string of the molecule is COc1ccccc1C1NC(C=O)CS1. The van der Waals surface area contributed by atoms with E-state index in [-0.39, 0.29) is 11.4 Å². The molecule has 0 saturated carbocycles. The van der Waals surface area contributed by atoms with Crippen molar-refractivity contribution < 1.29 is 9.53 Å². The number of carbonyl (C=O) groups is 1. The maximum Gasteiger partial charge on any atom is 0.137 e. The number of hydrogen-bond acceptors (Lipinski definition) is 4. The summed E-state index contributed by atoms with van der Waals surface area (Å²) in [5, 5.41) is 3.41. The van der Waals surface area contributed by atoms with E-state index in [2.05, 4.69) is 5.32 Å². The highest BCUT2D eigenvalue weighted by Gasteiger charge is 2.26. The van der Waals surface area contributed by atoms with Crippen LogP contribution in [0.1, 0.15) is 10.9 Å². The number of methoxy groups -OCH3 is 1. The Kier molecular flexibility index (Phi) is 3.28. The van der Waals surface area contributed by atoms with E-state index in [1.807, 2.05) is 24.3 Å². The van der Waals surface area contributed by atoms with Crippen LogP contribution in [0.2, 0.25) is 0 Å². The largest absolute Gasteiger partial charge is 0.496 e. The van der Waals surface area contributed by atoms with Crippen molar-refractivity contribution in [1.29, 1.82) is 0 Å². The van der Waals surface area contributed by atoms with Gasteiger partial charge in [-0.15, -0.1) is 11.8 Å². The summed E-state index contributed by atoms with van der Waals surface area (Å²) in [7, 11) is 1.66. The lowest BCUT2D eigenvalue weighted by Crippen LogP contribution is -2.26. The number of ether oxygens (including phenoxy) is 1. The summed E-state index contributed by atoms with van der Waals surface area (Å²) in [4.78, 5) is 10.6. The lowest BCUT2D eigenvalue weighted by molar-refractivity contribution is -0.109. The number of aldehydes is 1. The molecule has 2 unspecified atom stereocenters. The average Bonchev–Trinajstić information content (AvgIpc) is 2.77. The van der Waals surface area contributed by atoms with Crippen molar-refractivity contribution in [3.05, 3.63) is 29.8 Å². The van der Waals surface area contributed by atoms with Crippen molar-refractivity contribution >= 4 is 18.0 Å². The number of thioether (sulfide) groups is 1. The summed E-state index contributed by atoms with van der Waals surface area (Å²) in [6.07, 6.45) is 0.961. The molecule has 0 bridgehead atoms. The summed E-state index contributed by atoms with van der Waals surface area (Å²) < 4.78 is 5.28. The number of benzene rings is 1. The van der Waals surface area contributed by atoms with Crippen LogP contribution in [0.5, 0.6) is 5.75 Å². The van der Waals surface area contributed by atoms with Gasteiger partial charge in [0.05, 0.1) is 18.5 Å². The van der Waals surface area contributed by atoms with Gasteiger partial charge >= 0.3 is 0 Å². The number of nitrogens with one attached hydrogen (secondary N) is 1. The lowest BCUT2D eigenvalue weighted by atomic mass is 10.2. The molecular formula is C11H13NO2S. The molecule has 2 atom stereocenters. The highest BCUT2D eigenvalue weighted by atomic mass is 32.2. The predicted octanol–water partition coefficient (Wildman–Crippen LogP) is 1.60. The normalized spacial score (nSPS) is 25.1. The molecule has 0 radical (unpaired) electrons. The van der Waals surface area contributed by atoms with Crippen molar-refractivity contribution in [3.63, 3.8) is 0 Å². The van der Waals surface area contributed by atoms with Gasteiger partial charge in [-0.1, -0.05) is 18.2 Å². The van der Waals surface area contributed by atoms with Crippen molar-refractivity contribution in [2.24, 2.45) is 0 Å². The Morgan fingerprint density at radius 2 is 2.33 bits per heavy atom. The standard InChI is InChI=1S/C11H13NO2S/c1-14-10-5-3-2-4-9(10)11-12-8(6-13)7-15-11/h2-6,8,11-12H,7H2,1H3. The monoisotopic (exact) mass is 223 g/mol. The zero-order valence-electron chi connectivity index (χ0n) is 8.47. The van der Waals surface area contributed by atoms with E-state index in [0.717, 1.165) is 23.4 Å². The van der Waals surface area contributed by atoms with E-state index in [4.69, 9.17) is 4.74 Å². The third-order valence-electron chi connectivity index (χ3n) is 2.39. The fraction of sp³-hybridized carbons (Fsp3) is 0.364. The number of carbonyl (C=O) groups excluding carboxylic acids is 1. The highest BCUT2D eigenvalue weighted by Crippen LogP contribution is 2.36. The second-order valence-corrected chi connectivity index (χ2v) is 4.50. The Labute approximate surface area is 93.2 Å². The topological polar surface area (TPSA) is 38.3 Å². The first-order chi connectivity index (χ1) is 7.35. The molecule has 3 nitrogen and oxygen atoms in total. The molecule has 0 spiro atoms. The molecule has 1 aromatic carbocycles. The van der Waals surface area contributed by atoms with Crippen LogP contribution in [0.15, 0.2) is 24.3 Å². The fourth-order valence-electron chi connectivity index (χ4n) is 1.63. The molecular weight excluding hydrogens is 210 g/mol. The Hall–Kier alpha value is -1.000. The van der Waals surface area contributed by atoms with Gasteiger partial charge in [0.2, 0.25) is 0 Å². The van der Waals surface area contributed by atoms with E-state index in [9.17, 15) is 4.79 Å². The molecule has 4 heteroatoms. The minimum Gasteiger partial charge on any atom is -0.496 e. The van der Waals surface area contributed by atoms with Crippen LogP contribution < -0.4 is 10.1 Å². The van der Waals surface area contributed by atoms with Gasteiger partial charge in [-0.2, -0.15) is 0 Å². The van der Waals surface area contributed by atoms with Gasteiger partial charge in [0.25, 0.3) is 0 Å². The van der Waals surface area contributed by atoms with Crippen molar-refractivity contribution in [2.45, 2.75) is 11.4 Å². The van der Waals surface area contributed by atoms with Gasteiger partial charge in [-0.3, -0.25) is 5.32 Å². The molecule has 2 rings (SSSR count).